The second kappa shape index (κ2) is 6.30. The Balaban J connectivity index is 1.39. The SMILES string of the molecule is Cn1cc(CCC(=O)N2CCC3(CC2)c2ccccc2C[C@@H]3O)cn1. The van der Waals surface area contributed by atoms with Crippen LogP contribution in [0.2, 0.25) is 0 Å². The zero-order chi connectivity index (χ0) is 17.4. The van der Waals surface area contributed by atoms with Crippen LogP contribution < -0.4 is 0 Å². The maximum absolute atomic E-state index is 12.5. The van der Waals surface area contributed by atoms with E-state index < -0.39 is 0 Å². The summed E-state index contributed by atoms with van der Waals surface area (Å²) in [5.74, 6) is 0.208. The molecular weight excluding hydrogens is 314 g/mol. The van der Waals surface area contributed by atoms with Gasteiger partial charge in [-0.15, -0.1) is 0 Å². The van der Waals surface area contributed by atoms with Crippen molar-refractivity contribution in [3.05, 3.63) is 53.3 Å². The molecule has 0 saturated carbocycles. The van der Waals surface area contributed by atoms with Crippen molar-refractivity contribution < 1.29 is 9.90 Å². The highest BCUT2D eigenvalue weighted by atomic mass is 16.3. The molecule has 2 aromatic rings. The molecule has 1 N–H and O–H groups in total. The molecule has 1 aromatic carbocycles. The number of piperidine rings is 1. The normalized spacial score (nSPS) is 21.5. The number of aromatic nitrogens is 2. The van der Waals surface area contributed by atoms with E-state index in [1.165, 1.54) is 11.1 Å². The summed E-state index contributed by atoms with van der Waals surface area (Å²) in [6.07, 6.45) is 7.17. The van der Waals surface area contributed by atoms with E-state index in [1.54, 1.807) is 4.68 Å². The van der Waals surface area contributed by atoms with Crippen molar-refractivity contribution in [2.75, 3.05) is 13.1 Å². The number of fused-ring (bicyclic) bond motifs is 2. The van der Waals surface area contributed by atoms with Crippen LogP contribution in [0.5, 0.6) is 0 Å². The van der Waals surface area contributed by atoms with Crippen molar-refractivity contribution >= 4 is 5.91 Å². The van der Waals surface area contributed by atoms with Crippen molar-refractivity contribution in [1.29, 1.82) is 0 Å². The van der Waals surface area contributed by atoms with Gasteiger partial charge >= 0.3 is 0 Å². The van der Waals surface area contributed by atoms with Gasteiger partial charge in [-0.1, -0.05) is 24.3 Å². The Morgan fingerprint density at radius 2 is 2.08 bits per heavy atom. The maximum atomic E-state index is 12.5. The molecule has 1 saturated heterocycles. The number of amides is 1. The highest BCUT2D eigenvalue weighted by Gasteiger charge is 2.47. The van der Waals surface area contributed by atoms with E-state index in [2.05, 4.69) is 23.3 Å². The molecule has 1 fully saturated rings. The minimum Gasteiger partial charge on any atom is -0.392 e. The van der Waals surface area contributed by atoms with Crippen LogP contribution >= 0.6 is 0 Å². The van der Waals surface area contributed by atoms with Gasteiger partial charge in [0.15, 0.2) is 0 Å². The van der Waals surface area contributed by atoms with E-state index in [1.807, 2.05) is 30.4 Å². The van der Waals surface area contributed by atoms with Crippen molar-refractivity contribution in [2.24, 2.45) is 7.05 Å². The molecule has 0 unspecified atom stereocenters. The monoisotopic (exact) mass is 339 g/mol. The zero-order valence-electron chi connectivity index (χ0n) is 14.7. The largest absolute Gasteiger partial charge is 0.392 e. The number of carbonyl (C=O) groups is 1. The smallest absolute Gasteiger partial charge is 0.222 e. The molecule has 5 heteroatoms. The van der Waals surface area contributed by atoms with Gasteiger partial charge < -0.3 is 10.0 Å². The van der Waals surface area contributed by atoms with E-state index >= 15 is 0 Å². The molecule has 1 aliphatic carbocycles. The Kier molecular flexibility index (Phi) is 4.12. The number of aliphatic hydroxyl groups excluding tert-OH is 1. The molecule has 5 nitrogen and oxygen atoms in total. The van der Waals surface area contributed by atoms with Crippen LogP contribution in [0.4, 0.5) is 0 Å². The first kappa shape index (κ1) is 16.3. The molecule has 2 aliphatic rings. The number of aliphatic hydroxyl groups is 1. The van der Waals surface area contributed by atoms with Crippen molar-refractivity contribution in [1.82, 2.24) is 14.7 Å². The molecule has 1 amide bonds. The summed E-state index contributed by atoms with van der Waals surface area (Å²) < 4.78 is 1.77. The Bertz CT molecular complexity index is 775. The van der Waals surface area contributed by atoms with Gasteiger partial charge in [-0.3, -0.25) is 9.48 Å². The third-order valence-corrected chi connectivity index (χ3v) is 6.00. The topological polar surface area (TPSA) is 58.4 Å². The summed E-state index contributed by atoms with van der Waals surface area (Å²) in [6, 6.07) is 8.38. The lowest BCUT2D eigenvalue weighted by Crippen LogP contribution is -2.49. The van der Waals surface area contributed by atoms with E-state index in [0.717, 1.165) is 44.3 Å². The second-order valence-electron chi connectivity index (χ2n) is 7.44. The minimum absolute atomic E-state index is 0.156. The summed E-state index contributed by atoms with van der Waals surface area (Å²) in [5, 5.41) is 14.8. The lowest BCUT2D eigenvalue weighted by molar-refractivity contribution is -0.133. The Hall–Kier alpha value is -2.14. The van der Waals surface area contributed by atoms with Crippen molar-refractivity contribution in [2.45, 2.75) is 43.6 Å². The number of nitrogens with zero attached hydrogens (tertiary/aromatic N) is 3. The lowest BCUT2D eigenvalue weighted by atomic mass is 9.72. The number of likely N-dealkylation sites (tertiary alicyclic amines) is 1. The van der Waals surface area contributed by atoms with E-state index in [9.17, 15) is 9.90 Å². The maximum Gasteiger partial charge on any atom is 0.222 e. The summed E-state index contributed by atoms with van der Waals surface area (Å²) in [4.78, 5) is 14.5. The average molecular weight is 339 g/mol. The number of benzene rings is 1. The third-order valence-electron chi connectivity index (χ3n) is 6.00. The molecule has 0 bridgehead atoms. The first-order valence-corrected chi connectivity index (χ1v) is 9.10. The first-order chi connectivity index (χ1) is 12.1. The standard InChI is InChI=1S/C20H25N3O2/c1-22-14-15(13-21-22)6-7-19(25)23-10-8-20(9-11-23)17-5-3-2-4-16(17)12-18(20)24/h2-5,13-14,18,24H,6-12H2,1H3/t18-/m0/s1. The average Bonchev–Trinajstić information content (AvgIpc) is 3.16. The molecule has 1 aliphatic heterocycles. The number of rotatable bonds is 3. The van der Waals surface area contributed by atoms with Gasteiger partial charge in [0.1, 0.15) is 0 Å². The molecule has 2 heterocycles. The molecule has 132 valence electrons. The van der Waals surface area contributed by atoms with Gasteiger partial charge in [-0.2, -0.15) is 5.10 Å². The van der Waals surface area contributed by atoms with Gasteiger partial charge in [-0.05, 0) is 42.4 Å². The fourth-order valence-electron chi connectivity index (χ4n) is 4.54. The Morgan fingerprint density at radius 3 is 2.80 bits per heavy atom. The Morgan fingerprint density at radius 1 is 1.32 bits per heavy atom. The lowest BCUT2D eigenvalue weighted by Gasteiger charge is -2.42. The Labute approximate surface area is 148 Å². The van der Waals surface area contributed by atoms with E-state index in [-0.39, 0.29) is 17.4 Å². The van der Waals surface area contributed by atoms with Crippen LogP contribution in [0.15, 0.2) is 36.7 Å². The fraction of sp³-hybridized carbons (Fsp3) is 0.500. The third kappa shape index (κ3) is 2.86. The first-order valence-electron chi connectivity index (χ1n) is 9.10. The van der Waals surface area contributed by atoms with Crippen LogP contribution in [0.1, 0.15) is 36.0 Å². The number of hydrogen-bond acceptors (Lipinski definition) is 3. The summed E-state index contributed by atoms with van der Waals surface area (Å²) in [5.41, 5.74) is 3.51. The summed E-state index contributed by atoms with van der Waals surface area (Å²) in [6.45, 7) is 1.47. The van der Waals surface area contributed by atoms with Crippen LogP contribution in [0, 0.1) is 0 Å². The second-order valence-corrected chi connectivity index (χ2v) is 7.44. The highest BCUT2D eigenvalue weighted by Crippen LogP contribution is 2.46. The quantitative estimate of drug-likeness (QED) is 0.928. The van der Waals surface area contributed by atoms with Crippen molar-refractivity contribution in [3.63, 3.8) is 0 Å². The predicted octanol–water partition coefficient (Wildman–Crippen LogP) is 1.83. The minimum atomic E-state index is -0.322. The van der Waals surface area contributed by atoms with Crippen LogP contribution in [-0.2, 0) is 30.1 Å². The number of carbonyl (C=O) groups excluding carboxylic acids is 1. The number of aryl methyl sites for hydroxylation is 2. The zero-order valence-corrected chi connectivity index (χ0v) is 14.7. The molecular formula is C20H25N3O2. The highest BCUT2D eigenvalue weighted by molar-refractivity contribution is 5.76. The molecule has 1 atom stereocenters. The predicted molar refractivity (Wildman–Crippen MR) is 95.2 cm³/mol. The van der Waals surface area contributed by atoms with Crippen LogP contribution in [0.25, 0.3) is 0 Å². The van der Waals surface area contributed by atoms with Gasteiger partial charge in [0.2, 0.25) is 5.91 Å². The van der Waals surface area contributed by atoms with Gasteiger partial charge in [0, 0.05) is 38.2 Å². The van der Waals surface area contributed by atoms with Gasteiger partial charge in [0.05, 0.1) is 12.3 Å². The fourth-order valence-corrected chi connectivity index (χ4v) is 4.54. The van der Waals surface area contributed by atoms with Gasteiger partial charge in [-0.25, -0.2) is 0 Å². The summed E-state index contributed by atoms with van der Waals surface area (Å²) in [7, 11) is 1.89. The molecule has 25 heavy (non-hydrogen) atoms. The van der Waals surface area contributed by atoms with Crippen molar-refractivity contribution in [3.8, 4) is 0 Å². The molecule has 0 radical (unpaired) electrons. The van der Waals surface area contributed by atoms with Crippen LogP contribution in [-0.4, -0.2) is 44.9 Å². The summed E-state index contributed by atoms with van der Waals surface area (Å²) >= 11 is 0. The molecule has 1 spiro atoms. The number of hydrogen-bond donors (Lipinski definition) is 1. The molecule has 1 aromatic heterocycles. The van der Waals surface area contributed by atoms with Gasteiger partial charge in [0.25, 0.3) is 0 Å². The van der Waals surface area contributed by atoms with Crippen LogP contribution in [0.3, 0.4) is 0 Å². The van der Waals surface area contributed by atoms with E-state index in [4.69, 9.17) is 0 Å². The van der Waals surface area contributed by atoms with E-state index in [0.29, 0.717) is 6.42 Å². The molecule has 4 rings (SSSR count).